The molecule has 0 heterocycles. The number of hydrogen-bond acceptors (Lipinski definition) is 1. The number of carbonyl (C=O) groups is 1. The highest BCUT2D eigenvalue weighted by molar-refractivity contribution is 5.49. The topological polar surface area (TPSA) is 17.1 Å². The van der Waals surface area contributed by atoms with Crippen molar-refractivity contribution >= 4 is 6.29 Å². The third kappa shape index (κ3) is 3.42. The van der Waals surface area contributed by atoms with Gasteiger partial charge in [-0.2, -0.15) is 0 Å². The molecule has 0 amide bonds. The summed E-state index contributed by atoms with van der Waals surface area (Å²) in [6.07, 6.45) is 7.35. The summed E-state index contributed by atoms with van der Waals surface area (Å²) in [5.74, 6) is 2.79. The summed E-state index contributed by atoms with van der Waals surface area (Å²) in [5, 5.41) is 0. The van der Waals surface area contributed by atoms with Crippen molar-refractivity contribution in [3.05, 3.63) is 0 Å². The van der Waals surface area contributed by atoms with Crippen molar-refractivity contribution in [2.24, 2.45) is 5.92 Å². The van der Waals surface area contributed by atoms with Gasteiger partial charge in [0, 0.05) is 12.3 Å². The largest absolute Gasteiger partial charge is 0.303 e. The second kappa shape index (κ2) is 4.39. The molecule has 0 fully saturated rings. The molecule has 1 atom stereocenters. The summed E-state index contributed by atoms with van der Waals surface area (Å²) in [7, 11) is 0. The monoisotopic (exact) mass is 110 g/mol. The van der Waals surface area contributed by atoms with E-state index in [1.54, 1.807) is 0 Å². The highest BCUT2D eigenvalue weighted by Crippen LogP contribution is 1.99. The van der Waals surface area contributed by atoms with E-state index in [4.69, 9.17) is 6.42 Å². The molecule has 8 heavy (non-hydrogen) atoms. The molecule has 0 aromatic carbocycles. The molecule has 0 aromatic heterocycles. The smallest absolute Gasteiger partial charge is 0.120 e. The predicted molar refractivity (Wildman–Crippen MR) is 33.3 cm³/mol. The molecule has 0 N–H and O–H groups in total. The highest BCUT2D eigenvalue weighted by Gasteiger charge is 1.92. The van der Waals surface area contributed by atoms with Crippen LogP contribution >= 0.6 is 0 Å². The SMILES string of the molecule is C#C[C@H](C)CCC=O. The standard InChI is InChI=1S/C7H10O/c1-3-7(2)5-4-6-8/h1,6-7H,4-5H2,2H3/t7-/m0/s1. The first kappa shape index (κ1) is 7.23. The Labute approximate surface area is 50.1 Å². The average Bonchev–Trinajstić information content (AvgIpc) is 1.83. The Balaban J connectivity index is 3.14. The van der Waals surface area contributed by atoms with Crippen molar-refractivity contribution in [3.63, 3.8) is 0 Å². The van der Waals surface area contributed by atoms with Crippen molar-refractivity contribution in [2.45, 2.75) is 19.8 Å². The number of aldehydes is 1. The Morgan fingerprint density at radius 3 is 2.88 bits per heavy atom. The summed E-state index contributed by atoms with van der Waals surface area (Å²) < 4.78 is 0. The minimum atomic E-state index is 0.250. The lowest BCUT2D eigenvalue weighted by atomic mass is 10.1. The molecule has 0 radical (unpaired) electrons. The Bertz CT molecular complexity index is 99.4. The fraction of sp³-hybridized carbons (Fsp3) is 0.571. The van der Waals surface area contributed by atoms with Gasteiger partial charge in [0.05, 0.1) is 0 Å². The van der Waals surface area contributed by atoms with Crippen LogP contribution in [-0.4, -0.2) is 6.29 Å². The van der Waals surface area contributed by atoms with E-state index in [9.17, 15) is 4.79 Å². The number of carbonyl (C=O) groups excluding carboxylic acids is 1. The first-order valence-corrected chi connectivity index (χ1v) is 2.71. The van der Waals surface area contributed by atoms with Gasteiger partial charge in [-0.1, -0.05) is 6.92 Å². The lowest BCUT2D eigenvalue weighted by molar-refractivity contribution is -0.108. The van der Waals surface area contributed by atoms with Crippen LogP contribution in [0.1, 0.15) is 19.8 Å². The second-order valence-electron chi connectivity index (χ2n) is 1.81. The summed E-state index contributed by atoms with van der Waals surface area (Å²) in [6.45, 7) is 1.93. The van der Waals surface area contributed by atoms with Crippen LogP contribution < -0.4 is 0 Å². The molecule has 0 saturated carbocycles. The van der Waals surface area contributed by atoms with E-state index in [0.717, 1.165) is 12.7 Å². The first-order valence-electron chi connectivity index (χ1n) is 2.71. The van der Waals surface area contributed by atoms with Gasteiger partial charge < -0.3 is 4.79 Å². The molecule has 1 nitrogen and oxygen atoms in total. The third-order valence-corrected chi connectivity index (χ3v) is 1.00. The van der Waals surface area contributed by atoms with Crippen molar-refractivity contribution in [3.8, 4) is 12.3 Å². The van der Waals surface area contributed by atoms with Crippen molar-refractivity contribution in [2.75, 3.05) is 0 Å². The molecule has 0 aliphatic rings. The number of rotatable bonds is 3. The quantitative estimate of drug-likeness (QED) is 0.394. The summed E-state index contributed by atoms with van der Waals surface area (Å²) in [6, 6.07) is 0. The van der Waals surface area contributed by atoms with Gasteiger partial charge in [0.2, 0.25) is 0 Å². The van der Waals surface area contributed by atoms with E-state index >= 15 is 0 Å². The van der Waals surface area contributed by atoms with Gasteiger partial charge in [-0.15, -0.1) is 12.3 Å². The van der Waals surface area contributed by atoms with E-state index < -0.39 is 0 Å². The van der Waals surface area contributed by atoms with Crippen molar-refractivity contribution in [1.29, 1.82) is 0 Å². The van der Waals surface area contributed by atoms with E-state index in [1.165, 1.54) is 0 Å². The van der Waals surface area contributed by atoms with Crippen molar-refractivity contribution in [1.82, 2.24) is 0 Å². The molecular formula is C7H10O. The molecule has 1 heteroatoms. The number of terminal acetylenes is 1. The van der Waals surface area contributed by atoms with Crippen LogP contribution in [0.2, 0.25) is 0 Å². The van der Waals surface area contributed by atoms with Gasteiger partial charge >= 0.3 is 0 Å². The Kier molecular flexibility index (Phi) is 3.97. The van der Waals surface area contributed by atoms with E-state index in [2.05, 4.69) is 5.92 Å². The fourth-order valence-electron chi connectivity index (χ4n) is 0.401. The van der Waals surface area contributed by atoms with Crippen LogP contribution in [0.3, 0.4) is 0 Å². The van der Waals surface area contributed by atoms with E-state index in [0.29, 0.717) is 6.42 Å². The Morgan fingerprint density at radius 1 is 1.88 bits per heavy atom. The zero-order valence-electron chi connectivity index (χ0n) is 5.05. The zero-order valence-corrected chi connectivity index (χ0v) is 5.05. The Morgan fingerprint density at radius 2 is 2.50 bits per heavy atom. The summed E-state index contributed by atoms with van der Waals surface area (Å²) in [4.78, 5) is 9.76. The maximum atomic E-state index is 9.76. The van der Waals surface area contributed by atoms with E-state index in [-0.39, 0.29) is 5.92 Å². The molecule has 0 aliphatic heterocycles. The van der Waals surface area contributed by atoms with Gasteiger partial charge in [0.25, 0.3) is 0 Å². The summed E-state index contributed by atoms with van der Waals surface area (Å²) in [5.41, 5.74) is 0. The predicted octanol–water partition coefficient (Wildman–Crippen LogP) is 1.23. The van der Waals surface area contributed by atoms with Gasteiger partial charge in [0.1, 0.15) is 6.29 Å². The van der Waals surface area contributed by atoms with E-state index in [1.807, 2.05) is 6.92 Å². The molecule has 0 bridgehead atoms. The van der Waals surface area contributed by atoms with Gasteiger partial charge in [-0.05, 0) is 6.42 Å². The van der Waals surface area contributed by atoms with Crippen molar-refractivity contribution < 1.29 is 4.79 Å². The molecule has 0 rings (SSSR count). The van der Waals surface area contributed by atoms with Gasteiger partial charge in [-0.3, -0.25) is 0 Å². The molecule has 44 valence electrons. The average molecular weight is 110 g/mol. The van der Waals surface area contributed by atoms with Crippen LogP contribution in [0.4, 0.5) is 0 Å². The lowest BCUT2D eigenvalue weighted by Crippen LogP contribution is -1.88. The van der Waals surface area contributed by atoms with Gasteiger partial charge in [0.15, 0.2) is 0 Å². The minimum absolute atomic E-state index is 0.250. The van der Waals surface area contributed by atoms with Crippen LogP contribution in [-0.2, 0) is 4.79 Å². The maximum Gasteiger partial charge on any atom is 0.120 e. The van der Waals surface area contributed by atoms with Crippen LogP contribution in [0, 0.1) is 18.3 Å². The molecule has 0 aliphatic carbocycles. The van der Waals surface area contributed by atoms with Crippen LogP contribution in [0.25, 0.3) is 0 Å². The molecule has 0 aromatic rings. The first-order chi connectivity index (χ1) is 3.81. The number of hydrogen-bond donors (Lipinski definition) is 0. The Hall–Kier alpha value is -0.770. The zero-order chi connectivity index (χ0) is 6.41. The third-order valence-electron chi connectivity index (χ3n) is 1.00. The molecule has 0 spiro atoms. The van der Waals surface area contributed by atoms with Crippen LogP contribution in [0.5, 0.6) is 0 Å². The maximum absolute atomic E-state index is 9.76. The molecule has 0 saturated heterocycles. The second-order valence-corrected chi connectivity index (χ2v) is 1.81. The molecule has 0 unspecified atom stereocenters. The summed E-state index contributed by atoms with van der Waals surface area (Å²) >= 11 is 0. The van der Waals surface area contributed by atoms with Crippen LogP contribution in [0.15, 0.2) is 0 Å². The molecular weight excluding hydrogens is 100 g/mol. The fourth-order valence-corrected chi connectivity index (χ4v) is 0.401. The normalized spacial score (nSPS) is 12.0. The van der Waals surface area contributed by atoms with Gasteiger partial charge in [-0.25, -0.2) is 0 Å². The lowest BCUT2D eigenvalue weighted by Gasteiger charge is -1.95. The highest BCUT2D eigenvalue weighted by atomic mass is 16.1. The minimum Gasteiger partial charge on any atom is -0.303 e.